The lowest BCUT2D eigenvalue weighted by Crippen LogP contribution is -2.52. The monoisotopic (exact) mass is 551 g/mol. The number of Topliss-reactive ketones (excluding diaryl/α,β-unsaturated/α-hetero) is 1. The second-order valence-corrected chi connectivity index (χ2v) is 11.0. The summed E-state index contributed by atoms with van der Waals surface area (Å²) in [4.78, 5) is 26.2. The van der Waals surface area contributed by atoms with E-state index in [0.717, 1.165) is 11.1 Å². The molecule has 218 valence electrons. The third-order valence-electron chi connectivity index (χ3n) is 8.01. The number of aliphatic hydroxyl groups is 1. The van der Waals surface area contributed by atoms with Crippen molar-refractivity contribution in [1.82, 2.24) is 5.32 Å². The van der Waals surface area contributed by atoms with Crippen molar-refractivity contribution < 1.29 is 28.9 Å². The van der Waals surface area contributed by atoms with Crippen LogP contribution in [0.5, 0.6) is 11.5 Å². The van der Waals surface area contributed by atoms with Crippen molar-refractivity contribution in [1.29, 1.82) is 0 Å². The van der Waals surface area contributed by atoms with Gasteiger partial charge in [-0.15, -0.1) is 0 Å². The van der Waals surface area contributed by atoms with Crippen molar-refractivity contribution in [3.63, 3.8) is 0 Å². The minimum atomic E-state index is -0.403. The third kappa shape index (κ3) is 7.45. The van der Waals surface area contributed by atoms with Crippen LogP contribution in [0, 0.1) is 11.3 Å². The van der Waals surface area contributed by atoms with E-state index in [1.165, 1.54) is 6.92 Å². The molecule has 2 N–H and O–H groups in total. The molecule has 1 aliphatic carbocycles. The Morgan fingerprint density at radius 1 is 1.05 bits per heavy atom. The number of aliphatic hydroxyl groups excluding tert-OH is 1. The maximum Gasteiger partial charge on any atom is 0.224 e. The SMILES string of the molecule is C=C(O)C1(C)CC(NC(=O)C(CCO[C@@H](C)c2ccccc2)[C@H](C)c2cc(OCC)c(C(C)=O)c(OCC)c2)C1. The summed E-state index contributed by atoms with van der Waals surface area (Å²) in [6.45, 7) is 16.1. The zero-order chi connectivity index (χ0) is 29.4. The molecule has 0 aliphatic heterocycles. The predicted molar refractivity (Wildman–Crippen MR) is 157 cm³/mol. The average molecular weight is 552 g/mol. The third-order valence-corrected chi connectivity index (χ3v) is 8.01. The van der Waals surface area contributed by atoms with Crippen LogP contribution in [0.2, 0.25) is 0 Å². The number of nitrogens with one attached hydrogen (secondary N) is 1. The molecule has 40 heavy (non-hydrogen) atoms. The average Bonchev–Trinajstić information content (AvgIpc) is 2.90. The van der Waals surface area contributed by atoms with E-state index in [9.17, 15) is 14.7 Å². The summed E-state index contributed by atoms with van der Waals surface area (Å²) in [5, 5.41) is 13.1. The first-order valence-electron chi connectivity index (χ1n) is 14.3. The number of ketones is 1. The molecule has 1 fully saturated rings. The molecule has 0 bridgehead atoms. The summed E-state index contributed by atoms with van der Waals surface area (Å²) < 4.78 is 17.9. The first-order chi connectivity index (χ1) is 19.0. The summed E-state index contributed by atoms with van der Waals surface area (Å²) in [5.74, 6) is 0.268. The van der Waals surface area contributed by atoms with Crippen LogP contribution in [0.3, 0.4) is 0 Å². The highest BCUT2D eigenvalue weighted by Crippen LogP contribution is 2.45. The van der Waals surface area contributed by atoms with E-state index in [0.29, 0.717) is 56.1 Å². The lowest BCUT2D eigenvalue weighted by atomic mass is 9.65. The molecule has 1 amide bonds. The predicted octanol–water partition coefficient (Wildman–Crippen LogP) is 6.93. The van der Waals surface area contributed by atoms with Gasteiger partial charge in [0.1, 0.15) is 17.1 Å². The molecule has 1 saturated carbocycles. The topological polar surface area (TPSA) is 94.1 Å². The van der Waals surface area contributed by atoms with E-state index >= 15 is 0 Å². The fourth-order valence-electron chi connectivity index (χ4n) is 5.47. The van der Waals surface area contributed by atoms with Gasteiger partial charge in [-0.25, -0.2) is 0 Å². The van der Waals surface area contributed by atoms with Gasteiger partial charge >= 0.3 is 0 Å². The minimum Gasteiger partial charge on any atom is -0.512 e. The Morgan fingerprint density at radius 3 is 2.12 bits per heavy atom. The number of amides is 1. The fourth-order valence-corrected chi connectivity index (χ4v) is 5.47. The second kappa shape index (κ2) is 13.8. The summed E-state index contributed by atoms with van der Waals surface area (Å²) in [7, 11) is 0. The number of ether oxygens (including phenoxy) is 3. The van der Waals surface area contributed by atoms with Gasteiger partial charge in [0.15, 0.2) is 5.78 Å². The highest BCUT2D eigenvalue weighted by Gasteiger charge is 2.44. The Hall–Kier alpha value is -3.32. The zero-order valence-electron chi connectivity index (χ0n) is 24.8. The fraction of sp³-hybridized carbons (Fsp3) is 0.515. The Morgan fingerprint density at radius 2 is 1.62 bits per heavy atom. The van der Waals surface area contributed by atoms with Gasteiger partial charge in [0.05, 0.1) is 25.1 Å². The second-order valence-electron chi connectivity index (χ2n) is 11.0. The molecule has 1 aliphatic rings. The van der Waals surface area contributed by atoms with Crippen molar-refractivity contribution in [3.8, 4) is 11.5 Å². The maximum atomic E-state index is 13.7. The largest absolute Gasteiger partial charge is 0.512 e. The van der Waals surface area contributed by atoms with Crippen LogP contribution >= 0.6 is 0 Å². The molecule has 0 aromatic heterocycles. The van der Waals surface area contributed by atoms with Crippen LogP contribution in [0.4, 0.5) is 0 Å². The zero-order valence-corrected chi connectivity index (χ0v) is 24.8. The molecule has 1 unspecified atom stereocenters. The highest BCUT2D eigenvalue weighted by molar-refractivity contribution is 5.99. The van der Waals surface area contributed by atoms with Crippen molar-refractivity contribution in [2.24, 2.45) is 11.3 Å². The quantitative estimate of drug-likeness (QED) is 0.184. The Bertz CT molecular complexity index is 1140. The Balaban J connectivity index is 1.85. The van der Waals surface area contributed by atoms with Crippen molar-refractivity contribution in [3.05, 3.63) is 71.5 Å². The molecule has 2 aromatic carbocycles. The molecule has 3 atom stereocenters. The molecule has 2 aromatic rings. The molecule has 7 heteroatoms. The van der Waals surface area contributed by atoms with Gasteiger partial charge < -0.3 is 24.6 Å². The molecule has 0 radical (unpaired) electrons. The van der Waals surface area contributed by atoms with Crippen LogP contribution in [-0.4, -0.2) is 42.7 Å². The lowest BCUT2D eigenvalue weighted by molar-refractivity contribution is -0.128. The normalized spacial score (nSPS) is 20.5. The van der Waals surface area contributed by atoms with Gasteiger partial charge in [0.25, 0.3) is 0 Å². The summed E-state index contributed by atoms with van der Waals surface area (Å²) >= 11 is 0. The van der Waals surface area contributed by atoms with Gasteiger partial charge in [0, 0.05) is 24.0 Å². The highest BCUT2D eigenvalue weighted by atomic mass is 16.5. The van der Waals surface area contributed by atoms with E-state index < -0.39 is 5.92 Å². The Kier molecular flexibility index (Phi) is 10.8. The summed E-state index contributed by atoms with van der Waals surface area (Å²) in [6, 6.07) is 13.7. The number of hydrogen-bond acceptors (Lipinski definition) is 6. The van der Waals surface area contributed by atoms with E-state index in [-0.39, 0.29) is 40.9 Å². The number of hydrogen-bond donors (Lipinski definition) is 2. The lowest BCUT2D eigenvalue weighted by Gasteiger charge is -2.45. The van der Waals surface area contributed by atoms with Crippen molar-refractivity contribution >= 4 is 11.7 Å². The molecule has 0 saturated heterocycles. The van der Waals surface area contributed by atoms with E-state index in [1.54, 1.807) is 0 Å². The van der Waals surface area contributed by atoms with E-state index in [2.05, 4.69) is 11.9 Å². The van der Waals surface area contributed by atoms with Crippen LogP contribution in [0.1, 0.15) is 94.3 Å². The van der Waals surface area contributed by atoms with Gasteiger partial charge in [0.2, 0.25) is 5.91 Å². The number of carbonyl (C=O) groups is 2. The van der Waals surface area contributed by atoms with Crippen LogP contribution in [0.25, 0.3) is 0 Å². The first kappa shape index (κ1) is 31.2. The van der Waals surface area contributed by atoms with Gasteiger partial charge in [-0.2, -0.15) is 0 Å². The van der Waals surface area contributed by atoms with E-state index in [1.807, 2.05) is 77.1 Å². The van der Waals surface area contributed by atoms with Crippen molar-refractivity contribution in [2.75, 3.05) is 19.8 Å². The molecule has 3 rings (SSSR count). The summed E-state index contributed by atoms with van der Waals surface area (Å²) in [5.41, 5.74) is 1.99. The van der Waals surface area contributed by atoms with E-state index in [4.69, 9.17) is 14.2 Å². The number of allylic oxidation sites excluding steroid dienone is 1. The van der Waals surface area contributed by atoms with Gasteiger partial charge in [-0.05, 0) is 76.1 Å². The molecular weight excluding hydrogens is 506 g/mol. The molecule has 0 heterocycles. The smallest absolute Gasteiger partial charge is 0.224 e. The maximum absolute atomic E-state index is 13.7. The molecule has 0 spiro atoms. The number of benzene rings is 2. The number of rotatable bonds is 15. The van der Waals surface area contributed by atoms with Crippen LogP contribution in [-0.2, 0) is 9.53 Å². The van der Waals surface area contributed by atoms with Gasteiger partial charge in [-0.3, -0.25) is 9.59 Å². The van der Waals surface area contributed by atoms with Crippen molar-refractivity contribution in [2.45, 2.75) is 78.9 Å². The standard InChI is InChI=1S/C33H45NO6/c1-8-38-29-17-26(18-30(39-9-2)31(29)22(4)35)21(3)28(15-16-40-23(5)25-13-11-10-12-14-25)32(37)34-27-19-33(7,20-27)24(6)36/h10-14,17-18,21,23,27-28,36H,6,8-9,15-16,19-20H2,1-5,7H3,(H,34,37)/t21-,23+,27?,28?,33?/m1/s1. The molecular formula is C33H45NO6. The van der Waals surface area contributed by atoms with Gasteiger partial charge in [-0.1, -0.05) is 50.8 Å². The first-order valence-corrected chi connectivity index (χ1v) is 14.3. The Labute approximate surface area is 238 Å². The summed E-state index contributed by atoms with van der Waals surface area (Å²) in [6.07, 6.45) is 1.69. The van der Waals surface area contributed by atoms with Crippen LogP contribution < -0.4 is 14.8 Å². The minimum absolute atomic E-state index is 0.0293. The number of carbonyl (C=O) groups excluding carboxylic acids is 2. The van der Waals surface area contributed by atoms with Crippen LogP contribution in [0.15, 0.2) is 54.8 Å². The molecule has 7 nitrogen and oxygen atoms in total.